The van der Waals surface area contributed by atoms with Gasteiger partial charge in [0, 0.05) is 12.8 Å². The second-order valence-electron chi connectivity index (χ2n) is 22.9. The van der Waals surface area contributed by atoms with Crippen LogP contribution in [0.25, 0.3) is 0 Å². The van der Waals surface area contributed by atoms with E-state index in [1.165, 1.54) is 173 Å². The Labute approximate surface area is 476 Å². The highest BCUT2D eigenvalue weighted by molar-refractivity contribution is 7.45. The summed E-state index contributed by atoms with van der Waals surface area (Å²) < 4.78 is 30.3. The summed E-state index contributed by atoms with van der Waals surface area (Å²) in [6.45, 7) is 6.71. The summed E-state index contributed by atoms with van der Waals surface area (Å²) in [5.41, 5.74) is 0. The first kappa shape index (κ1) is 74.5. The zero-order chi connectivity index (χ0) is 56.4. The average molecular weight is 1100 g/mol. The molecule has 0 heterocycles. The molecular weight excluding hydrogens is 976 g/mol. The standard InChI is InChI=1S/C67H123N2O7P/c1-7-10-13-16-19-22-25-27-29-31-32-33-34-35-36-38-39-41-44-47-50-53-56-59-66(70)68-64(63-75-77(72,73)74-62-61-69(4,5)6)65(58-55-52-49-46-43-24-21-18-15-12-9-3)76-67(71)60-57-54-51-48-45-42-40-37-30-28-26-23-20-17-14-11-8-2/h11,14,20,23,28,30,40,42,48,51,55,58,64-65H,7-10,12-13,15-19,21-22,24-27,29,31-39,41,43-47,49-50,52-54,56-57,59-63H2,1-6H3,(H-,68,70,72,73)/b14-11-,23-20-,30-28-,42-40-,51-48-,58-55+. The van der Waals surface area contributed by atoms with Crippen molar-refractivity contribution < 1.29 is 37.3 Å². The first-order valence-corrected chi connectivity index (χ1v) is 33.7. The normalized spacial score (nSPS) is 14.1. The van der Waals surface area contributed by atoms with Gasteiger partial charge in [-0.2, -0.15) is 0 Å². The Kier molecular flexibility index (Phi) is 54.8. The molecule has 77 heavy (non-hydrogen) atoms. The van der Waals surface area contributed by atoms with Gasteiger partial charge in [0.25, 0.3) is 7.82 Å². The SMILES string of the molecule is CC/C=C\C/C=C\C/C=C\C/C=C\C/C=C\CCCC(=O)OC(/C=C/CCCCCCCCCCC)C(COP(=O)([O-])OCC[N+](C)(C)C)NC(=O)CCCCCCCCCCCCCCCCCCCCCCCCC. The minimum atomic E-state index is -4.71. The van der Waals surface area contributed by atoms with Gasteiger partial charge in [0.2, 0.25) is 5.91 Å². The van der Waals surface area contributed by atoms with Crippen LogP contribution in [-0.2, 0) is 27.9 Å². The fourth-order valence-corrected chi connectivity index (χ4v) is 9.93. The molecule has 3 unspecified atom stereocenters. The van der Waals surface area contributed by atoms with Gasteiger partial charge in [-0.05, 0) is 70.3 Å². The van der Waals surface area contributed by atoms with Gasteiger partial charge in [0.15, 0.2) is 0 Å². The van der Waals surface area contributed by atoms with E-state index < -0.39 is 32.5 Å². The van der Waals surface area contributed by atoms with Crippen LogP contribution in [0.4, 0.5) is 0 Å². The summed E-state index contributed by atoms with van der Waals surface area (Å²) in [6, 6.07) is -0.911. The number of carbonyl (C=O) groups excluding carboxylic acids is 2. The number of quaternary nitrogens is 1. The monoisotopic (exact) mass is 1100 g/mol. The summed E-state index contributed by atoms with van der Waals surface area (Å²) in [7, 11) is 1.16. The predicted molar refractivity (Wildman–Crippen MR) is 330 cm³/mol. The Balaban J connectivity index is 5.17. The third-order valence-corrected chi connectivity index (χ3v) is 15.1. The van der Waals surface area contributed by atoms with E-state index in [1.54, 1.807) is 0 Å². The van der Waals surface area contributed by atoms with Crippen LogP contribution in [0.3, 0.4) is 0 Å². The van der Waals surface area contributed by atoms with Crippen LogP contribution in [0.15, 0.2) is 72.9 Å². The number of nitrogens with one attached hydrogen (secondary N) is 1. The van der Waals surface area contributed by atoms with Crippen molar-refractivity contribution in [2.45, 2.75) is 303 Å². The lowest BCUT2D eigenvalue weighted by Crippen LogP contribution is -2.47. The smallest absolute Gasteiger partial charge is 0.306 e. The molecule has 0 aromatic rings. The van der Waals surface area contributed by atoms with E-state index in [0.717, 1.165) is 77.0 Å². The van der Waals surface area contributed by atoms with E-state index in [0.29, 0.717) is 23.9 Å². The summed E-state index contributed by atoms with van der Waals surface area (Å²) in [4.78, 5) is 40.0. The largest absolute Gasteiger partial charge is 0.756 e. The highest BCUT2D eigenvalue weighted by Gasteiger charge is 2.27. The van der Waals surface area contributed by atoms with Gasteiger partial charge < -0.3 is 28.5 Å². The van der Waals surface area contributed by atoms with Crippen LogP contribution in [0, 0.1) is 0 Å². The van der Waals surface area contributed by atoms with Crippen LogP contribution < -0.4 is 10.2 Å². The summed E-state index contributed by atoms with van der Waals surface area (Å²) in [6.07, 6.45) is 73.2. The Morgan fingerprint density at radius 3 is 1.26 bits per heavy atom. The fourth-order valence-electron chi connectivity index (χ4n) is 9.21. The highest BCUT2D eigenvalue weighted by Crippen LogP contribution is 2.38. The van der Waals surface area contributed by atoms with Gasteiger partial charge in [-0.3, -0.25) is 14.2 Å². The minimum absolute atomic E-state index is 0.0320. The second-order valence-corrected chi connectivity index (χ2v) is 24.3. The number of phosphoric acid groups is 1. The van der Waals surface area contributed by atoms with Crippen molar-refractivity contribution in [3.63, 3.8) is 0 Å². The molecule has 448 valence electrons. The molecule has 0 aliphatic carbocycles. The zero-order valence-corrected chi connectivity index (χ0v) is 52.0. The van der Waals surface area contributed by atoms with Crippen molar-refractivity contribution in [2.75, 3.05) is 40.9 Å². The summed E-state index contributed by atoms with van der Waals surface area (Å²) in [5, 5.41) is 3.02. The van der Waals surface area contributed by atoms with E-state index in [2.05, 4.69) is 86.8 Å². The molecule has 10 heteroatoms. The first-order chi connectivity index (χ1) is 37.4. The molecule has 1 amide bonds. The molecule has 0 radical (unpaired) electrons. The van der Waals surface area contributed by atoms with Gasteiger partial charge in [-0.1, -0.05) is 280 Å². The van der Waals surface area contributed by atoms with Gasteiger partial charge in [0.05, 0.1) is 33.8 Å². The number of likely N-dealkylation sites (N-methyl/N-ethyl adjacent to an activating group) is 1. The second kappa shape index (κ2) is 56.7. The summed E-state index contributed by atoms with van der Waals surface area (Å²) in [5.74, 6) is -0.603. The first-order valence-electron chi connectivity index (χ1n) is 32.2. The maximum Gasteiger partial charge on any atom is 0.306 e. The van der Waals surface area contributed by atoms with E-state index >= 15 is 0 Å². The molecule has 3 atom stereocenters. The molecule has 0 aromatic carbocycles. The van der Waals surface area contributed by atoms with E-state index in [9.17, 15) is 19.0 Å². The molecule has 0 aromatic heterocycles. The molecule has 0 aliphatic heterocycles. The number of ether oxygens (including phenoxy) is 1. The number of unbranched alkanes of at least 4 members (excludes halogenated alkanes) is 32. The third kappa shape index (κ3) is 57.9. The molecule has 0 spiro atoms. The minimum Gasteiger partial charge on any atom is -0.756 e. The van der Waals surface area contributed by atoms with Gasteiger partial charge in [0.1, 0.15) is 19.3 Å². The van der Waals surface area contributed by atoms with E-state index in [1.807, 2.05) is 33.3 Å². The Hall–Kier alpha value is -2.55. The Morgan fingerprint density at radius 2 is 0.844 bits per heavy atom. The number of amides is 1. The zero-order valence-electron chi connectivity index (χ0n) is 51.2. The number of esters is 1. The molecule has 0 fully saturated rings. The topological polar surface area (TPSA) is 114 Å². The van der Waals surface area contributed by atoms with Crippen molar-refractivity contribution >= 4 is 19.7 Å². The van der Waals surface area contributed by atoms with E-state index in [4.69, 9.17) is 13.8 Å². The highest BCUT2D eigenvalue weighted by atomic mass is 31.2. The number of phosphoric ester groups is 1. The van der Waals surface area contributed by atoms with Crippen LogP contribution >= 0.6 is 7.82 Å². The average Bonchev–Trinajstić information content (AvgIpc) is 3.39. The number of hydrogen-bond donors (Lipinski definition) is 1. The Bertz CT molecular complexity index is 1550. The maximum atomic E-state index is 13.5. The number of carbonyl (C=O) groups is 2. The number of nitrogens with zero attached hydrogens (tertiary/aromatic N) is 1. The maximum absolute atomic E-state index is 13.5. The quantitative estimate of drug-likeness (QED) is 0.0212. The molecule has 9 nitrogen and oxygen atoms in total. The molecule has 0 rings (SSSR count). The predicted octanol–water partition coefficient (Wildman–Crippen LogP) is 19.4. The molecule has 0 saturated heterocycles. The van der Waals surface area contributed by atoms with Crippen molar-refractivity contribution in [1.29, 1.82) is 0 Å². The lowest BCUT2D eigenvalue weighted by Gasteiger charge is -2.30. The molecule has 0 bridgehead atoms. The Morgan fingerprint density at radius 1 is 0.468 bits per heavy atom. The van der Waals surface area contributed by atoms with Gasteiger partial charge in [-0.15, -0.1) is 0 Å². The molecule has 0 saturated carbocycles. The lowest BCUT2D eigenvalue weighted by atomic mass is 10.0. The van der Waals surface area contributed by atoms with Gasteiger partial charge in [-0.25, -0.2) is 0 Å². The third-order valence-electron chi connectivity index (χ3n) is 14.2. The number of rotatable bonds is 58. The fraction of sp³-hybridized carbons (Fsp3) is 0.791. The van der Waals surface area contributed by atoms with Crippen molar-refractivity contribution in [2.24, 2.45) is 0 Å². The van der Waals surface area contributed by atoms with Crippen molar-refractivity contribution in [3.05, 3.63) is 72.9 Å². The lowest BCUT2D eigenvalue weighted by molar-refractivity contribution is -0.870. The van der Waals surface area contributed by atoms with Crippen LogP contribution in [0.2, 0.25) is 0 Å². The molecular formula is C67H123N2O7P. The molecule has 0 aliphatic rings. The number of hydrogen-bond acceptors (Lipinski definition) is 7. The van der Waals surface area contributed by atoms with Crippen molar-refractivity contribution in [1.82, 2.24) is 5.32 Å². The van der Waals surface area contributed by atoms with Gasteiger partial charge >= 0.3 is 5.97 Å². The van der Waals surface area contributed by atoms with E-state index in [-0.39, 0.29) is 18.9 Å². The van der Waals surface area contributed by atoms with Crippen LogP contribution in [0.5, 0.6) is 0 Å². The molecule has 1 N–H and O–H groups in total. The summed E-state index contributed by atoms with van der Waals surface area (Å²) >= 11 is 0. The van der Waals surface area contributed by atoms with Crippen molar-refractivity contribution in [3.8, 4) is 0 Å². The van der Waals surface area contributed by atoms with Crippen LogP contribution in [0.1, 0.15) is 290 Å². The number of allylic oxidation sites excluding steroid dienone is 11. The van der Waals surface area contributed by atoms with Crippen LogP contribution in [-0.4, -0.2) is 69.4 Å².